The van der Waals surface area contributed by atoms with E-state index in [0.29, 0.717) is 11.5 Å². The molecule has 0 saturated carbocycles. The molecule has 5 nitrogen and oxygen atoms in total. The molecule has 276 valence electrons. The van der Waals surface area contributed by atoms with E-state index >= 15 is 0 Å². The second kappa shape index (κ2) is 14.9. The maximum atomic E-state index is 12.5. The molecule has 8 rings (SSSR count). The lowest BCUT2D eigenvalue weighted by atomic mass is 10.0. The molecule has 0 N–H and O–H groups in total. The SMILES string of the molecule is CN1c2ccccc2[S+](c2ccc(OC(=O)C(C)(C)Br)cc2)c2ccc(-c3ccc4c(c3)Sc3ccccc3[S+]4c3ccc(OC(=O)C(C)(C)Br)cc3)cc21. The fourth-order valence-electron chi connectivity index (χ4n) is 6.42. The van der Waals surface area contributed by atoms with Crippen molar-refractivity contribution in [3.8, 4) is 22.6 Å². The Morgan fingerprint density at radius 2 is 1.00 bits per heavy atom. The molecular weight excluding hydrogens is 875 g/mol. The first-order valence-electron chi connectivity index (χ1n) is 17.7. The molecule has 0 spiro atoms. The molecule has 0 aliphatic carbocycles. The molecular formula is C45H37Br2NO4S3+2. The molecule has 2 atom stereocenters. The summed E-state index contributed by atoms with van der Waals surface area (Å²) < 4.78 is 9.76. The third-order valence-electron chi connectivity index (χ3n) is 9.28. The third kappa shape index (κ3) is 7.52. The normalized spacial score (nSPS) is 15.9. The van der Waals surface area contributed by atoms with Gasteiger partial charge in [0, 0.05) is 7.05 Å². The van der Waals surface area contributed by atoms with Crippen molar-refractivity contribution < 1.29 is 19.1 Å². The predicted molar refractivity (Wildman–Crippen MR) is 231 cm³/mol. The minimum Gasteiger partial charge on any atom is -0.426 e. The number of nitrogens with zero attached hydrogens (tertiary/aromatic N) is 1. The molecule has 0 bridgehead atoms. The lowest BCUT2D eigenvalue weighted by molar-refractivity contribution is -0.136. The molecule has 0 fully saturated rings. The first-order valence-corrected chi connectivity index (χ1v) is 22.5. The lowest BCUT2D eigenvalue weighted by Crippen LogP contribution is -2.29. The van der Waals surface area contributed by atoms with Gasteiger partial charge in [0.2, 0.25) is 0 Å². The van der Waals surface area contributed by atoms with Crippen molar-refractivity contribution in [3.05, 3.63) is 133 Å². The fraction of sp³-hybridized carbons (Fsp3) is 0.156. The highest BCUT2D eigenvalue weighted by Crippen LogP contribution is 2.51. The van der Waals surface area contributed by atoms with Crippen molar-refractivity contribution in [2.75, 3.05) is 11.9 Å². The zero-order valence-corrected chi connectivity index (χ0v) is 36.4. The Labute approximate surface area is 348 Å². The fourth-order valence-corrected chi connectivity index (χ4v) is 12.7. The van der Waals surface area contributed by atoms with Crippen molar-refractivity contribution in [2.45, 2.75) is 75.5 Å². The Morgan fingerprint density at radius 1 is 0.545 bits per heavy atom. The maximum absolute atomic E-state index is 12.5. The van der Waals surface area contributed by atoms with Gasteiger partial charge >= 0.3 is 11.9 Å². The number of hydrogen-bond acceptors (Lipinski definition) is 6. The van der Waals surface area contributed by atoms with Gasteiger partial charge in [-0.05, 0) is 148 Å². The summed E-state index contributed by atoms with van der Waals surface area (Å²) in [5.41, 5.74) is 4.64. The summed E-state index contributed by atoms with van der Waals surface area (Å²) in [5.74, 6) is 0.385. The Morgan fingerprint density at radius 3 is 1.58 bits per heavy atom. The highest BCUT2D eigenvalue weighted by Gasteiger charge is 2.41. The van der Waals surface area contributed by atoms with Crippen molar-refractivity contribution in [1.82, 2.24) is 0 Å². The Bertz CT molecular complexity index is 2460. The molecule has 10 heteroatoms. The third-order valence-corrected chi connectivity index (χ3v) is 16.0. The van der Waals surface area contributed by atoms with Gasteiger partial charge in [-0.15, -0.1) is 0 Å². The monoisotopic (exact) mass is 909 g/mol. The van der Waals surface area contributed by atoms with Crippen LogP contribution in [0.15, 0.2) is 173 Å². The number of esters is 2. The number of hydrogen-bond donors (Lipinski definition) is 0. The molecule has 55 heavy (non-hydrogen) atoms. The highest BCUT2D eigenvalue weighted by atomic mass is 79.9. The van der Waals surface area contributed by atoms with Crippen LogP contribution in [0, 0.1) is 0 Å². The number of halogens is 2. The van der Waals surface area contributed by atoms with Crippen molar-refractivity contribution in [3.63, 3.8) is 0 Å². The molecule has 2 aliphatic rings. The molecule has 6 aromatic rings. The van der Waals surface area contributed by atoms with E-state index in [9.17, 15) is 9.59 Å². The highest BCUT2D eigenvalue weighted by molar-refractivity contribution is 9.10. The zero-order valence-electron chi connectivity index (χ0n) is 30.8. The van der Waals surface area contributed by atoms with Crippen LogP contribution >= 0.6 is 43.6 Å². The Hall–Kier alpha value is -3.93. The van der Waals surface area contributed by atoms with Gasteiger partial charge < -0.3 is 14.4 Å². The number of carbonyl (C=O) groups is 2. The number of alkyl halides is 2. The summed E-state index contributed by atoms with van der Waals surface area (Å²) in [6, 6.07) is 46.8. The molecule has 0 aromatic heterocycles. The van der Waals surface area contributed by atoms with Gasteiger partial charge in [-0.3, -0.25) is 9.59 Å². The second-order valence-electron chi connectivity index (χ2n) is 14.2. The van der Waals surface area contributed by atoms with Gasteiger partial charge in [0.25, 0.3) is 0 Å². The van der Waals surface area contributed by atoms with Crippen molar-refractivity contribution in [1.29, 1.82) is 0 Å². The van der Waals surface area contributed by atoms with Gasteiger partial charge in [-0.2, -0.15) is 0 Å². The quantitative estimate of drug-likeness (QED) is 0.0687. The number of carbonyl (C=O) groups excluding carboxylic acids is 2. The van der Waals surface area contributed by atoms with E-state index in [1.165, 1.54) is 40.0 Å². The number of fused-ring (bicyclic) bond motifs is 4. The topological polar surface area (TPSA) is 55.8 Å². The van der Waals surface area contributed by atoms with Crippen molar-refractivity contribution >= 4 is 88.7 Å². The Balaban J connectivity index is 1.14. The van der Waals surface area contributed by atoms with E-state index in [4.69, 9.17) is 9.47 Å². The summed E-state index contributed by atoms with van der Waals surface area (Å²) in [5, 5.41) is 0. The van der Waals surface area contributed by atoms with E-state index in [2.05, 4.69) is 153 Å². The first kappa shape index (κ1) is 38.0. The van der Waals surface area contributed by atoms with E-state index < -0.39 is 8.65 Å². The van der Waals surface area contributed by atoms with Gasteiger partial charge in [0.05, 0.1) is 21.2 Å². The number of rotatable bonds is 7. The summed E-state index contributed by atoms with van der Waals surface area (Å²) >= 11 is 8.62. The predicted octanol–water partition coefficient (Wildman–Crippen LogP) is 12.2. The smallest absolute Gasteiger partial charge is 0.327 e. The number of benzene rings is 6. The van der Waals surface area contributed by atoms with E-state index in [1.54, 1.807) is 27.7 Å². The molecule has 6 aromatic carbocycles. The number of ether oxygens (including phenoxy) is 2. The molecule has 0 amide bonds. The first-order chi connectivity index (χ1) is 26.3. The van der Waals surface area contributed by atoms with Gasteiger partial charge in [0.1, 0.15) is 41.9 Å². The number of para-hydroxylation sites is 1. The minimum atomic E-state index is -0.767. The summed E-state index contributed by atoms with van der Waals surface area (Å²) in [6.07, 6.45) is 0. The largest absolute Gasteiger partial charge is 0.426 e. The standard InChI is InChI=1S/C45H37Br2NO4S3/c1-44(2,46)42(49)51-30-16-20-32(21-17-30)54-38-12-8-6-10-34(38)48(5)35-26-28(14-24-39(35)54)29-15-25-41-37(27-29)53-36-11-7-9-13-40(36)55(41)33-22-18-31(19-23-33)52-43(50)45(3,4)47/h6-27H,1-5H3/q+2. The van der Waals surface area contributed by atoms with Crippen LogP contribution in [0.5, 0.6) is 11.5 Å². The minimum absolute atomic E-state index is 0.332. The van der Waals surface area contributed by atoms with Crippen LogP contribution in [-0.2, 0) is 31.4 Å². The van der Waals surface area contributed by atoms with Gasteiger partial charge in [-0.25, -0.2) is 0 Å². The summed E-state index contributed by atoms with van der Waals surface area (Å²) in [6.45, 7) is 7.11. The van der Waals surface area contributed by atoms with Crippen LogP contribution < -0.4 is 14.4 Å². The lowest BCUT2D eigenvalue weighted by Gasteiger charge is -2.29. The van der Waals surface area contributed by atoms with Crippen LogP contribution in [0.25, 0.3) is 11.1 Å². The van der Waals surface area contributed by atoms with Gasteiger partial charge in [0.15, 0.2) is 29.4 Å². The van der Waals surface area contributed by atoms with Crippen LogP contribution in [0.2, 0.25) is 0 Å². The van der Waals surface area contributed by atoms with Crippen molar-refractivity contribution in [2.24, 2.45) is 0 Å². The summed E-state index contributed by atoms with van der Waals surface area (Å²) in [7, 11) is 1.44. The molecule has 0 saturated heterocycles. The molecule has 2 aliphatic heterocycles. The van der Waals surface area contributed by atoms with E-state index in [1.807, 2.05) is 36.0 Å². The van der Waals surface area contributed by atoms with E-state index in [0.717, 1.165) is 21.7 Å². The van der Waals surface area contributed by atoms with Crippen LogP contribution in [0.4, 0.5) is 11.4 Å². The molecule has 2 unspecified atom stereocenters. The van der Waals surface area contributed by atoms with Crippen LogP contribution in [-0.4, -0.2) is 27.6 Å². The average Bonchev–Trinajstić information content (AvgIpc) is 3.17. The van der Waals surface area contributed by atoms with Crippen LogP contribution in [0.1, 0.15) is 27.7 Å². The Kier molecular flexibility index (Phi) is 10.3. The van der Waals surface area contributed by atoms with Gasteiger partial charge in [-0.1, -0.05) is 67.9 Å². The molecule has 0 radical (unpaired) electrons. The van der Waals surface area contributed by atoms with Crippen LogP contribution in [0.3, 0.4) is 0 Å². The zero-order chi connectivity index (χ0) is 38.6. The molecule has 2 heterocycles. The van der Waals surface area contributed by atoms with E-state index in [-0.39, 0.29) is 33.7 Å². The average molecular weight is 912 g/mol. The maximum Gasteiger partial charge on any atom is 0.327 e. The second-order valence-corrected chi connectivity index (χ2v) is 23.2. The number of anilines is 2. The summed E-state index contributed by atoms with van der Waals surface area (Å²) in [4.78, 5) is 37.2.